The summed E-state index contributed by atoms with van der Waals surface area (Å²) in [5, 5.41) is 10.9. The molecule has 0 unspecified atom stereocenters. The molecule has 48 valence electrons. The SMILES string of the molecule is COC(C)(C)/C=N\O. The summed E-state index contributed by atoms with van der Waals surface area (Å²) in [4.78, 5) is 0. The van der Waals surface area contributed by atoms with Gasteiger partial charge in [0.05, 0.1) is 6.21 Å². The fourth-order valence-corrected chi connectivity index (χ4v) is 0.192. The number of methoxy groups -OCH3 is 1. The maximum absolute atomic E-state index is 8.02. The highest BCUT2D eigenvalue weighted by Gasteiger charge is 2.11. The summed E-state index contributed by atoms with van der Waals surface area (Å²) in [6.45, 7) is 3.60. The summed E-state index contributed by atoms with van der Waals surface area (Å²) in [7, 11) is 1.56. The molecule has 0 aliphatic heterocycles. The van der Waals surface area contributed by atoms with E-state index in [1.54, 1.807) is 21.0 Å². The van der Waals surface area contributed by atoms with Crippen LogP contribution in [0.4, 0.5) is 0 Å². The molecule has 8 heavy (non-hydrogen) atoms. The van der Waals surface area contributed by atoms with Crippen molar-refractivity contribution in [1.29, 1.82) is 0 Å². The molecule has 0 aromatic carbocycles. The zero-order valence-electron chi connectivity index (χ0n) is 5.38. The van der Waals surface area contributed by atoms with Gasteiger partial charge in [0.15, 0.2) is 0 Å². The molecule has 0 aromatic rings. The normalized spacial score (nSPS) is 12.9. The second-order valence-corrected chi connectivity index (χ2v) is 2.05. The van der Waals surface area contributed by atoms with Crippen LogP contribution in [0.3, 0.4) is 0 Å². The average molecular weight is 117 g/mol. The van der Waals surface area contributed by atoms with Gasteiger partial charge in [0, 0.05) is 7.11 Å². The number of rotatable bonds is 2. The van der Waals surface area contributed by atoms with Crippen LogP contribution in [0.2, 0.25) is 0 Å². The van der Waals surface area contributed by atoms with E-state index in [1.165, 1.54) is 6.21 Å². The molecule has 0 aliphatic rings. The Labute approximate surface area is 49.0 Å². The molecule has 0 aromatic heterocycles. The van der Waals surface area contributed by atoms with Crippen molar-refractivity contribution >= 4 is 6.21 Å². The molecular formula is C5H11NO2. The fraction of sp³-hybridized carbons (Fsp3) is 0.800. The average Bonchev–Trinajstić information content (AvgIpc) is 1.67. The lowest BCUT2D eigenvalue weighted by Gasteiger charge is -2.14. The second-order valence-electron chi connectivity index (χ2n) is 2.05. The monoisotopic (exact) mass is 117 g/mol. The van der Waals surface area contributed by atoms with Crippen LogP contribution in [0.1, 0.15) is 13.8 Å². The van der Waals surface area contributed by atoms with E-state index in [0.717, 1.165) is 0 Å². The lowest BCUT2D eigenvalue weighted by atomic mass is 10.2. The Bertz CT molecular complexity index is 88.4. The Hall–Kier alpha value is -0.570. The van der Waals surface area contributed by atoms with E-state index < -0.39 is 5.60 Å². The van der Waals surface area contributed by atoms with E-state index in [0.29, 0.717) is 0 Å². The van der Waals surface area contributed by atoms with Crippen LogP contribution in [0, 0.1) is 0 Å². The number of hydrogen-bond donors (Lipinski definition) is 1. The van der Waals surface area contributed by atoms with Crippen molar-refractivity contribution in [1.82, 2.24) is 0 Å². The van der Waals surface area contributed by atoms with Crippen LogP contribution in [-0.2, 0) is 4.74 Å². The third-order valence-electron chi connectivity index (χ3n) is 0.895. The Balaban J connectivity index is 3.71. The Morgan fingerprint density at radius 3 is 2.25 bits per heavy atom. The van der Waals surface area contributed by atoms with Gasteiger partial charge in [-0.05, 0) is 13.8 Å². The summed E-state index contributed by atoms with van der Waals surface area (Å²) >= 11 is 0. The highest BCUT2D eigenvalue weighted by molar-refractivity contribution is 5.66. The molecule has 0 fully saturated rings. The first-order chi connectivity index (χ1) is 3.62. The summed E-state index contributed by atoms with van der Waals surface area (Å²) in [5.41, 5.74) is -0.450. The maximum Gasteiger partial charge on any atom is 0.100 e. The van der Waals surface area contributed by atoms with Gasteiger partial charge < -0.3 is 9.94 Å². The molecule has 0 saturated carbocycles. The molecule has 0 heterocycles. The van der Waals surface area contributed by atoms with Crippen LogP contribution in [0.5, 0.6) is 0 Å². The van der Waals surface area contributed by atoms with Crippen molar-refractivity contribution in [2.75, 3.05) is 7.11 Å². The lowest BCUT2D eigenvalue weighted by molar-refractivity contribution is 0.0843. The van der Waals surface area contributed by atoms with E-state index in [2.05, 4.69) is 5.16 Å². The number of hydrogen-bond acceptors (Lipinski definition) is 3. The van der Waals surface area contributed by atoms with Crippen LogP contribution in [0.25, 0.3) is 0 Å². The Morgan fingerprint density at radius 1 is 1.62 bits per heavy atom. The highest BCUT2D eigenvalue weighted by atomic mass is 16.5. The van der Waals surface area contributed by atoms with Crippen molar-refractivity contribution in [3.05, 3.63) is 0 Å². The van der Waals surface area contributed by atoms with Crippen LogP contribution >= 0.6 is 0 Å². The maximum atomic E-state index is 8.02. The van der Waals surface area contributed by atoms with Gasteiger partial charge in [0.25, 0.3) is 0 Å². The molecule has 0 aliphatic carbocycles. The van der Waals surface area contributed by atoms with Gasteiger partial charge in [-0.1, -0.05) is 5.16 Å². The predicted octanol–water partition coefficient (Wildman–Crippen LogP) is 0.871. The number of nitrogens with zero attached hydrogens (tertiary/aromatic N) is 1. The van der Waals surface area contributed by atoms with Gasteiger partial charge in [-0.15, -0.1) is 0 Å². The molecule has 0 radical (unpaired) electrons. The first-order valence-corrected chi connectivity index (χ1v) is 2.36. The van der Waals surface area contributed by atoms with Gasteiger partial charge in [-0.2, -0.15) is 0 Å². The third-order valence-corrected chi connectivity index (χ3v) is 0.895. The van der Waals surface area contributed by atoms with Crippen molar-refractivity contribution in [3.63, 3.8) is 0 Å². The number of ether oxygens (including phenoxy) is 1. The van der Waals surface area contributed by atoms with Gasteiger partial charge in [0.1, 0.15) is 5.60 Å². The molecule has 0 rings (SSSR count). The summed E-state index contributed by atoms with van der Waals surface area (Å²) < 4.78 is 4.87. The van der Waals surface area contributed by atoms with Crippen molar-refractivity contribution in [3.8, 4) is 0 Å². The van der Waals surface area contributed by atoms with E-state index in [4.69, 9.17) is 9.94 Å². The molecule has 0 atom stereocenters. The van der Waals surface area contributed by atoms with Crippen molar-refractivity contribution < 1.29 is 9.94 Å². The largest absolute Gasteiger partial charge is 0.411 e. The summed E-state index contributed by atoms with van der Waals surface area (Å²) in [6, 6.07) is 0. The standard InChI is InChI=1S/C5H11NO2/c1-5(2,8-3)4-6-7/h4,7H,1-3H3/b6-4-. The summed E-state index contributed by atoms with van der Waals surface area (Å²) in [6.07, 6.45) is 1.33. The zero-order valence-corrected chi connectivity index (χ0v) is 5.38. The number of oxime groups is 1. The lowest BCUT2D eigenvalue weighted by Crippen LogP contribution is -2.23. The molecule has 0 saturated heterocycles. The van der Waals surface area contributed by atoms with E-state index in [9.17, 15) is 0 Å². The minimum Gasteiger partial charge on any atom is -0.411 e. The minimum atomic E-state index is -0.450. The molecule has 0 bridgehead atoms. The van der Waals surface area contributed by atoms with Gasteiger partial charge >= 0.3 is 0 Å². The highest BCUT2D eigenvalue weighted by Crippen LogP contribution is 2.01. The predicted molar refractivity (Wildman–Crippen MR) is 31.4 cm³/mol. The molecule has 1 N–H and O–H groups in total. The quantitative estimate of drug-likeness (QED) is 0.331. The van der Waals surface area contributed by atoms with Crippen LogP contribution in [-0.4, -0.2) is 24.1 Å². The molecular weight excluding hydrogens is 106 g/mol. The van der Waals surface area contributed by atoms with Gasteiger partial charge in [0.2, 0.25) is 0 Å². The van der Waals surface area contributed by atoms with E-state index in [-0.39, 0.29) is 0 Å². The summed E-state index contributed by atoms with van der Waals surface area (Å²) in [5.74, 6) is 0. The first-order valence-electron chi connectivity index (χ1n) is 2.36. The Kier molecular flexibility index (Phi) is 2.48. The molecule has 0 amide bonds. The smallest absolute Gasteiger partial charge is 0.100 e. The van der Waals surface area contributed by atoms with Crippen LogP contribution < -0.4 is 0 Å². The fourth-order valence-electron chi connectivity index (χ4n) is 0.192. The Morgan fingerprint density at radius 2 is 2.12 bits per heavy atom. The first kappa shape index (κ1) is 7.43. The van der Waals surface area contributed by atoms with E-state index >= 15 is 0 Å². The second kappa shape index (κ2) is 2.67. The van der Waals surface area contributed by atoms with Crippen molar-refractivity contribution in [2.24, 2.45) is 5.16 Å². The minimum absolute atomic E-state index is 0.450. The van der Waals surface area contributed by atoms with Crippen molar-refractivity contribution in [2.45, 2.75) is 19.4 Å². The molecule has 3 heteroatoms. The van der Waals surface area contributed by atoms with Crippen LogP contribution in [0.15, 0.2) is 5.16 Å². The third kappa shape index (κ3) is 2.58. The van der Waals surface area contributed by atoms with Gasteiger partial charge in [-0.3, -0.25) is 0 Å². The van der Waals surface area contributed by atoms with E-state index in [1.807, 2.05) is 0 Å². The zero-order chi connectivity index (χ0) is 6.62. The topological polar surface area (TPSA) is 41.8 Å². The molecule has 3 nitrogen and oxygen atoms in total. The van der Waals surface area contributed by atoms with Gasteiger partial charge in [-0.25, -0.2) is 0 Å². The molecule has 0 spiro atoms.